The number of hydrogen-bond acceptors (Lipinski definition) is 4. The molecule has 1 atom stereocenters. The van der Waals surface area contributed by atoms with Crippen LogP contribution in [-0.2, 0) is 11.2 Å². The first-order valence-electron chi connectivity index (χ1n) is 9.39. The minimum absolute atomic E-state index is 0.00674. The number of carbonyl (C=O) groups excluding carboxylic acids is 2. The molecule has 0 saturated heterocycles. The maximum atomic E-state index is 14.1. The average Bonchev–Trinajstić information content (AvgIpc) is 3.38. The van der Waals surface area contributed by atoms with E-state index in [0.717, 1.165) is 36.1 Å². The average molecular weight is 387 g/mol. The summed E-state index contributed by atoms with van der Waals surface area (Å²) in [7, 11) is 0. The smallest absolute Gasteiger partial charge is 0.223 e. The highest BCUT2D eigenvalue weighted by Crippen LogP contribution is 2.42. The van der Waals surface area contributed by atoms with Gasteiger partial charge in [-0.05, 0) is 44.0 Å². The molecule has 1 N–H and O–H groups in total. The predicted molar refractivity (Wildman–Crippen MR) is 103 cm³/mol. The highest BCUT2D eigenvalue weighted by molar-refractivity contribution is 7.17. The predicted octanol–water partition coefficient (Wildman–Crippen LogP) is 4.37. The first-order chi connectivity index (χ1) is 13.0. The molecule has 1 aliphatic carbocycles. The van der Waals surface area contributed by atoms with Crippen molar-refractivity contribution in [3.05, 3.63) is 40.5 Å². The Kier molecular flexibility index (Phi) is 5.00. The molecule has 0 unspecified atom stereocenters. The van der Waals surface area contributed by atoms with Gasteiger partial charge in [-0.3, -0.25) is 9.59 Å². The number of carbonyl (C=O) groups is 2. The van der Waals surface area contributed by atoms with Gasteiger partial charge < -0.3 is 10.1 Å². The van der Waals surface area contributed by atoms with Crippen LogP contribution < -0.4 is 10.1 Å². The number of nitrogens with one attached hydrogen (secondary N) is 1. The quantitative estimate of drug-likeness (QED) is 0.776. The number of Topliss-reactive ketones (excluding diaryl/α,β-unsaturated/α-hetero) is 1. The van der Waals surface area contributed by atoms with Crippen molar-refractivity contribution in [2.75, 3.05) is 6.54 Å². The highest BCUT2D eigenvalue weighted by Gasteiger charge is 2.29. The summed E-state index contributed by atoms with van der Waals surface area (Å²) < 4.78 is 20.2. The van der Waals surface area contributed by atoms with Crippen molar-refractivity contribution in [3.8, 4) is 16.2 Å². The number of rotatable bonds is 5. The second-order valence-electron chi connectivity index (χ2n) is 7.33. The zero-order valence-corrected chi connectivity index (χ0v) is 16.0. The van der Waals surface area contributed by atoms with Crippen LogP contribution in [0.3, 0.4) is 0 Å². The molecule has 0 radical (unpaired) electrons. The number of amides is 1. The van der Waals surface area contributed by atoms with Crippen LogP contribution in [0.25, 0.3) is 10.4 Å². The fraction of sp³-hybridized carbons (Fsp3) is 0.429. The maximum absolute atomic E-state index is 14.1. The minimum Gasteiger partial charge on any atom is -0.487 e. The first kappa shape index (κ1) is 18.2. The Bertz CT molecular complexity index is 886. The molecule has 1 saturated carbocycles. The Labute approximate surface area is 161 Å². The third-order valence-corrected chi connectivity index (χ3v) is 6.53. The largest absolute Gasteiger partial charge is 0.487 e. The van der Waals surface area contributed by atoms with Crippen molar-refractivity contribution in [3.63, 3.8) is 0 Å². The lowest BCUT2D eigenvalue weighted by molar-refractivity contribution is -0.125. The van der Waals surface area contributed by atoms with Gasteiger partial charge in [0.15, 0.2) is 5.78 Å². The van der Waals surface area contributed by atoms with Crippen LogP contribution in [0, 0.1) is 11.7 Å². The number of fused-ring (bicyclic) bond motifs is 1. The van der Waals surface area contributed by atoms with Crippen LogP contribution >= 0.6 is 11.3 Å². The van der Waals surface area contributed by atoms with Gasteiger partial charge in [-0.15, -0.1) is 11.3 Å². The molecule has 1 aliphatic heterocycles. The summed E-state index contributed by atoms with van der Waals surface area (Å²) in [5, 5.41) is 2.99. The molecule has 0 bridgehead atoms. The zero-order chi connectivity index (χ0) is 19.0. The van der Waals surface area contributed by atoms with Crippen LogP contribution in [0.1, 0.15) is 47.8 Å². The number of hydrogen-bond donors (Lipinski definition) is 1. The monoisotopic (exact) mass is 387 g/mol. The third-order valence-electron chi connectivity index (χ3n) is 5.31. The summed E-state index contributed by atoms with van der Waals surface area (Å²) in [5.74, 6) is 0.558. The SMILES string of the molecule is CC(=O)c1ccc(-c2cc(F)cc3c2O[C@H](CNC(=O)C2CCCC2)C3)s1. The molecule has 142 valence electrons. The van der Waals surface area contributed by atoms with Gasteiger partial charge in [-0.2, -0.15) is 0 Å². The van der Waals surface area contributed by atoms with Crippen molar-refractivity contribution in [1.82, 2.24) is 5.32 Å². The first-order valence-corrected chi connectivity index (χ1v) is 10.2. The van der Waals surface area contributed by atoms with Crippen LogP contribution in [-0.4, -0.2) is 24.3 Å². The molecule has 2 aromatic rings. The summed E-state index contributed by atoms with van der Waals surface area (Å²) in [6.45, 7) is 1.94. The Morgan fingerprint density at radius 2 is 2.04 bits per heavy atom. The lowest BCUT2D eigenvalue weighted by atomic mass is 10.0. The molecule has 1 amide bonds. The second kappa shape index (κ2) is 7.43. The maximum Gasteiger partial charge on any atom is 0.223 e. The summed E-state index contributed by atoms with van der Waals surface area (Å²) in [6.07, 6.45) is 4.53. The number of ether oxygens (including phenoxy) is 1. The van der Waals surface area contributed by atoms with Gasteiger partial charge in [-0.25, -0.2) is 4.39 Å². The number of halogens is 1. The molecular weight excluding hydrogens is 365 g/mol. The zero-order valence-electron chi connectivity index (χ0n) is 15.2. The van der Waals surface area contributed by atoms with Crippen LogP contribution in [0.4, 0.5) is 4.39 Å². The van der Waals surface area contributed by atoms with E-state index in [0.29, 0.717) is 29.2 Å². The van der Waals surface area contributed by atoms with Crippen molar-refractivity contribution < 1.29 is 18.7 Å². The Morgan fingerprint density at radius 3 is 2.74 bits per heavy atom. The van der Waals surface area contributed by atoms with E-state index in [1.165, 1.54) is 30.4 Å². The molecular formula is C21H22FNO3S. The normalized spacial score (nSPS) is 19.0. The number of ketones is 1. The Morgan fingerprint density at radius 1 is 1.26 bits per heavy atom. The van der Waals surface area contributed by atoms with E-state index >= 15 is 0 Å². The minimum atomic E-state index is -0.319. The van der Waals surface area contributed by atoms with E-state index in [9.17, 15) is 14.0 Å². The molecule has 6 heteroatoms. The van der Waals surface area contributed by atoms with E-state index in [4.69, 9.17) is 4.74 Å². The molecule has 2 aliphatic rings. The standard InChI is InChI=1S/C21H22FNO3S/c1-12(24)18-6-7-19(27-18)17-10-15(22)8-14-9-16(26-20(14)17)11-23-21(25)13-4-2-3-5-13/h6-8,10,13,16H,2-5,9,11H2,1H3,(H,23,25)/t16-/m0/s1. The third kappa shape index (κ3) is 3.76. The highest BCUT2D eigenvalue weighted by atomic mass is 32.1. The van der Waals surface area contributed by atoms with Crippen molar-refractivity contribution in [1.29, 1.82) is 0 Å². The van der Waals surface area contributed by atoms with E-state index in [-0.39, 0.29) is 29.5 Å². The van der Waals surface area contributed by atoms with Gasteiger partial charge in [-0.1, -0.05) is 12.8 Å². The molecule has 4 rings (SSSR count). The van der Waals surface area contributed by atoms with E-state index in [1.807, 2.05) is 6.07 Å². The number of thiophene rings is 1. The molecule has 1 aromatic heterocycles. The van der Waals surface area contributed by atoms with Gasteiger partial charge in [0, 0.05) is 28.3 Å². The molecule has 2 heterocycles. The van der Waals surface area contributed by atoms with Crippen molar-refractivity contribution in [2.24, 2.45) is 5.92 Å². The second-order valence-corrected chi connectivity index (χ2v) is 8.42. The summed E-state index contributed by atoms with van der Waals surface area (Å²) in [5.41, 5.74) is 1.48. The number of benzene rings is 1. The molecule has 27 heavy (non-hydrogen) atoms. The van der Waals surface area contributed by atoms with Gasteiger partial charge in [0.25, 0.3) is 0 Å². The Balaban J connectivity index is 1.49. The lowest BCUT2D eigenvalue weighted by Crippen LogP contribution is -2.37. The van der Waals surface area contributed by atoms with Gasteiger partial charge >= 0.3 is 0 Å². The van der Waals surface area contributed by atoms with Gasteiger partial charge in [0.2, 0.25) is 5.91 Å². The summed E-state index contributed by atoms with van der Waals surface area (Å²) in [6, 6.07) is 6.54. The van der Waals surface area contributed by atoms with Gasteiger partial charge in [0.05, 0.1) is 11.4 Å². The van der Waals surface area contributed by atoms with E-state index in [2.05, 4.69) is 5.32 Å². The fourth-order valence-electron chi connectivity index (χ4n) is 3.91. The van der Waals surface area contributed by atoms with Crippen molar-refractivity contribution >= 4 is 23.0 Å². The van der Waals surface area contributed by atoms with Crippen LogP contribution in [0.15, 0.2) is 24.3 Å². The lowest BCUT2D eigenvalue weighted by Gasteiger charge is -2.15. The van der Waals surface area contributed by atoms with Crippen molar-refractivity contribution in [2.45, 2.75) is 45.1 Å². The molecule has 0 spiro atoms. The van der Waals surface area contributed by atoms with Gasteiger partial charge in [0.1, 0.15) is 17.7 Å². The topological polar surface area (TPSA) is 55.4 Å². The molecule has 4 nitrogen and oxygen atoms in total. The molecule has 1 fully saturated rings. The van der Waals surface area contributed by atoms with Crippen LogP contribution in [0.2, 0.25) is 0 Å². The fourth-order valence-corrected chi connectivity index (χ4v) is 4.82. The van der Waals surface area contributed by atoms with E-state index in [1.54, 1.807) is 6.07 Å². The van der Waals surface area contributed by atoms with E-state index < -0.39 is 0 Å². The summed E-state index contributed by atoms with van der Waals surface area (Å²) in [4.78, 5) is 25.2. The summed E-state index contributed by atoms with van der Waals surface area (Å²) >= 11 is 1.34. The Hall–Kier alpha value is -2.21. The van der Waals surface area contributed by atoms with Crippen LogP contribution in [0.5, 0.6) is 5.75 Å². The molecule has 1 aromatic carbocycles.